The van der Waals surface area contributed by atoms with Crippen molar-refractivity contribution < 1.29 is 0 Å². The molecular weight excluding hydrogens is 496 g/mol. The molecule has 0 bridgehead atoms. The molecule has 0 saturated heterocycles. The fourth-order valence-corrected chi connectivity index (χ4v) is 6.05. The van der Waals surface area contributed by atoms with Crippen LogP contribution in [0.25, 0.3) is 20.2 Å². The zero-order valence-electron chi connectivity index (χ0n) is 21.1. The number of rotatable bonds is 6. The summed E-state index contributed by atoms with van der Waals surface area (Å²) in [6.45, 7) is 0. The zero-order valence-corrected chi connectivity index (χ0v) is 21.9. The van der Waals surface area contributed by atoms with Gasteiger partial charge >= 0.3 is 0 Å². The Balaban J connectivity index is 1.40. The van der Waals surface area contributed by atoms with Gasteiger partial charge < -0.3 is 0 Å². The molecular formula is C34H24N4S. The van der Waals surface area contributed by atoms with Crippen LogP contribution >= 0.6 is 11.3 Å². The molecule has 7 rings (SSSR count). The predicted molar refractivity (Wildman–Crippen MR) is 164 cm³/mol. The number of thiophene rings is 1. The average Bonchev–Trinajstić information content (AvgIpc) is 3.37. The molecule has 0 amide bonds. The molecule has 3 heterocycles. The van der Waals surface area contributed by atoms with E-state index in [1.165, 1.54) is 20.2 Å². The Hall–Kier alpha value is -5.00. The van der Waals surface area contributed by atoms with Gasteiger partial charge in [-0.15, -0.1) is 11.3 Å². The summed E-state index contributed by atoms with van der Waals surface area (Å²) in [5, 5.41) is 2.44. The SMILES string of the molecule is c1ccc(N(c2ccc3sc4ccc(N(c5ccccc5)c5ccccn5)cc4c3c2)c2ccccn2)cc1. The Morgan fingerprint density at radius 3 is 1.26 bits per heavy atom. The lowest BCUT2D eigenvalue weighted by molar-refractivity contribution is 1.18. The summed E-state index contributed by atoms with van der Waals surface area (Å²) in [7, 11) is 0. The third-order valence-corrected chi connectivity index (χ3v) is 7.89. The van der Waals surface area contributed by atoms with E-state index in [0.29, 0.717) is 0 Å². The summed E-state index contributed by atoms with van der Waals surface area (Å²) < 4.78 is 2.51. The topological polar surface area (TPSA) is 32.3 Å². The molecule has 7 aromatic rings. The molecule has 0 spiro atoms. The van der Waals surface area contributed by atoms with Gasteiger partial charge in [0.25, 0.3) is 0 Å². The van der Waals surface area contributed by atoms with Crippen LogP contribution in [-0.2, 0) is 0 Å². The molecule has 0 aliphatic heterocycles. The van der Waals surface area contributed by atoms with Crippen LogP contribution in [0.4, 0.5) is 34.4 Å². The minimum atomic E-state index is 0.883. The standard InChI is InChI=1S/C34H24N4S/c1-3-11-25(12-4-1)37(33-15-7-9-21-35-33)27-17-19-31-29(23-27)30-24-28(18-20-32(30)39-31)38(26-13-5-2-6-14-26)34-16-8-10-22-36-34/h1-24H. The van der Waals surface area contributed by atoms with E-state index in [0.717, 1.165) is 34.4 Å². The first-order chi connectivity index (χ1) is 19.3. The molecule has 5 heteroatoms. The lowest BCUT2D eigenvalue weighted by Gasteiger charge is -2.24. The van der Waals surface area contributed by atoms with Gasteiger partial charge in [-0.25, -0.2) is 9.97 Å². The molecule has 4 aromatic carbocycles. The minimum absolute atomic E-state index is 0.883. The van der Waals surface area contributed by atoms with Crippen LogP contribution in [0.2, 0.25) is 0 Å². The summed E-state index contributed by atoms with van der Waals surface area (Å²) in [5.41, 5.74) is 4.28. The number of hydrogen-bond acceptors (Lipinski definition) is 5. The van der Waals surface area contributed by atoms with Crippen molar-refractivity contribution in [3.05, 3.63) is 146 Å². The Kier molecular flexibility index (Phi) is 5.96. The van der Waals surface area contributed by atoms with E-state index in [2.05, 4.69) is 105 Å². The van der Waals surface area contributed by atoms with E-state index in [1.54, 1.807) is 0 Å². The third-order valence-electron chi connectivity index (χ3n) is 6.74. The number of para-hydroxylation sites is 2. The van der Waals surface area contributed by atoms with E-state index >= 15 is 0 Å². The predicted octanol–water partition coefficient (Wildman–Crippen LogP) is 9.78. The summed E-state index contributed by atoms with van der Waals surface area (Å²) in [5.74, 6) is 1.77. The Morgan fingerprint density at radius 1 is 0.410 bits per heavy atom. The average molecular weight is 521 g/mol. The van der Waals surface area contributed by atoms with Crippen LogP contribution in [0.3, 0.4) is 0 Å². The molecule has 0 radical (unpaired) electrons. The second-order valence-electron chi connectivity index (χ2n) is 9.18. The molecule has 0 aliphatic carbocycles. The van der Waals surface area contributed by atoms with Crippen molar-refractivity contribution in [3.63, 3.8) is 0 Å². The normalized spacial score (nSPS) is 11.1. The van der Waals surface area contributed by atoms with E-state index in [4.69, 9.17) is 0 Å². The van der Waals surface area contributed by atoms with Gasteiger partial charge in [-0.05, 0) is 84.9 Å². The number of nitrogens with zero attached hydrogens (tertiary/aromatic N) is 4. The van der Waals surface area contributed by atoms with Crippen molar-refractivity contribution in [2.75, 3.05) is 9.80 Å². The molecule has 186 valence electrons. The molecule has 0 saturated carbocycles. The highest BCUT2D eigenvalue weighted by atomic mass is 32.1. The summed E-state index contributed by atoms with van der Waals surface area (Å²) in [6, 6.07) is 46.2. The Labute approximate surface area is 231 Å². The molecule has 0 fully saturated rings. The monoisotopic (exact) mass is 520 g/mol. The van der Waals surface area contributed by atoms with Crippen molar-refractivity contribution >= 4 is 65.9 Å². The van der Waals surface area contributed by atoms with Crippen molar-refractivity contribution in [2.24, 2.45) is 0 Å². The molecule has 0 unspecified atom stereocenters. The van der Waals surface area contributed by atoms with E-state index < -0.39 is 0 Å². The third kappa shape index (κ3) is 4.39. The van der Waals surface area contributed by atoms with Crippen LogP contribution in [0.5, 0.6) is 0 Å². The van der Waals surface area contributed by atoms with E-state index in [9.17, 15) is 0 Å². The first-order valence-electron chi connectivity index (χ1n) is 12.8. The molecule has 0 atom stereocenters. The fourth-order valence-electron chi connectivity index (χ4n) is 4.98. The van der Waals surface area contributed by atoms with E-state index in [1.807, 2.05) is 72.3 Å². The Bertz CT molecular complexity index is 1640. The maximum atomic E-state index is 4.68. The molecule has 4 nitrogen and oxygen atoms in total. The van der Waals surface area contributed by atoms with Crippen molar-refractivity contribution in [1.82, 2.24) is 9.97 Å². The van der Waals surface area contributed by atoms with Gasteiger partial charge in [0.1, 0.15) is 11.6 Å². The number of hydrogen-bond donors (Lipinski definition) is 0. The van der Waals surface area contributed by atoms with Gasteiger partial charge in [-0.2, -0.15) is 0 Å². The minimum Gasteiger partial charge on any atom is -0.295 e. The van der Waals surface area contributed by atoms with Gasteiger partial charge in [-0.1, -0.05) is 48.5 Å². The summed E-state index contributed by atoms with van der Waals surface area (Å²) in [4.78, 5) is 13.8. The van der Waals surface area contributed by atoms with Crippen LogP contribution in [0.1, 0.15) is 0 Å². The lowest BCUT2D eigenvalue weighted by atomic mass is 10.1. The largest absolute Gasteiger partial charge is 0.295 e. The van der Waals surface area contributed by atoms with Gasteiger partial charge in [0.15, 0.2) is 0 Å². The maximum Gasteiger partial charge on any atom is 0.137 e. The van der Waals surface area contributed by atoms with Gasteiger partial charge in [-0.3, -0.25) is 9.80 Å². The Morgan fingerprint density at radius 2 is 0.846 bits per heavy atom. The summed E-state index contributed by atoms with van der Waals surface area (Å²) >= 11 is 1.82. The first-order valence-corrected chi connectivity index (χ1v) is 13.7. The van der Waals surface area contributed by atoms with Crippen molar-refractivity contribution in [2.45, 2.75) is 0 Å². The number of anilines is 6. The maximum absolute atomic E-state index is 4.68. The molecule has 39 heavy (non-hydrogen) atoms. The number of fused-ring (bicyclic) bond motifs is 3. The number of pyridine rings is 2. The van der Waals surface area contributed by atoms with E-state index in [-0.39, 0.29) is 0 Å². The first kappa shape index (κ1) is 23.1. The highest BCUT2D eigenvalue weighted by Gasteiger charge is 2.17. The highest BCUT2D eigenvalue weighted by molar-refractivity contribution is 7.25. The van der Waals surface area contributed by atoms with Gasteiger partial charge in [0, 0.05) is 55.3 Å². The number of aromatic nitrogens is 2. The second kappa shape index (κ2) is 10.0. The van der Waals surface area contributed by atoms with Crippen LogP contribution in [0.15, 0.2) is 146 Å². The summed E-state index contributed by atoms with van der Waals surface area (Å²) in [6.07, 6.45) is 3.68. The van der Waals surface area contributed by atoms with Crippen LogP contribution < -0.4 is 9.80 Å². The highest BCUT2D eigenvalue weighted by Crippen LogP contribution is 2.42. The molecule has 0 aliphatic rings. The van der Waals surface area contributed by atoms with Crippen LogP contribution in [-0.4, -0.2) is 9.97 Å². The fraction of sp³-hybridized carbons (Fsp3) is 0. The van der Waals surface area contributed by atoms with Gasteiger partial charge in [0.2, 0.25) is 0 Å². The van der Waals surface area contributed by atoms with Crippen LogP contribution in [0, 0.1) is 0 Å². The number of benzene rings is 4. The second-order valence-corrected chi connectivity index (χ2v) is 10.3. The quantitative estimate of drug-likeness (QED) is 0.218. The van der Waals surface area contributed by atoms with Crippen molar-refractivity contribution in [3.8, 4) is 0 Å². The van der Waals surface area contributed by atoms with Crippen molar-refractivity contribution in [1.29, 1.82) is 0 Å². The van der Waals surface area contributed by atoms with Gasteiger partial charge in [0.05, 0.1) is 0 Å². The molecule has 0 N–H and O–H groups in total. The lowest BCUT2D eigenvalue weighted by Crippen LogP contribution is -2.11. The smallest absolute Gasteiger partial charge is 0.137 e. The molecule has 3 aromatic heterocycles. The zero-order chi connectivity index (χ0) is 26.0.